The molecule has 2 saturated heterocycles. The van der Waals surface area contributed by atoms with E-state index >= 15 is 0 Å². The monoisotopic (exact) mass is 347 g/mol. The summed E-state index contributed by atoms with van der Waals surface area (Å²) in [5.74, 6) is 0.781. The molecule has 1 aromatic rings. The van der Waals surface area contributed by atoms with Crippen molar-refractivity contribution in [3.05, 3.63) is 18.1 Å². The highest BCUT2D eigenvalue weighted by molar-refractivity contribution is 5.92. The SMILES string of the molecule is CN(CCCCN1CCOCC1)c1cncc(C(=O)N2CCCC2)n1. The molecular formula is C18H29N5O2. The Balaban J connectivity index is 1.45. The fourth-order valence-corrected chi connectivity index (χ4v) is 3.35. The van der Waals surface area contributed by atoms with E-state index in [0.717, 1.165) is 84.0 Å². The number of carbonyl (C=O) groups excluding carboxylic acids is 1. The zero-order valence-electron chi connectivity index (χ0n) is 15.2. The number of ether oxygens (including phenoxy) is 1. The van der Waals surface area contributed by atoms with Crippen LogP contribution >= 0.6 is 0 Å². The molecular weight excluding hydrogens is 318 g/mol. The molecule has 0 aliphatic carbocycles. The first kappa shape index (κ1) is 18.1. The molecule has 2 aliphatic heterocycles. The number of likely N-dealkylation sites (tertiary alicyclic amines) is 1. The zero-order valence-corrected chi connectivity index (χ0v) is 15.2. The van der Waals surface area contributed by atoms with E-state index < -0.39 is 0 Å². The van der Waals surface area contributed by atoms with Gasteiger partial charge in [0.1, 0.15) is 11.5 Å². The number of hydrogen-bond donors (Lipinski definition) is 0. The van der Waals surface area contributed by atoms with E-state index in [1.165, 1.54) is 0 Å². The number of aromatic nitrogens is 2. The molecule has 0 atom stereocenters. The maximum Gasteiger partial charge on any atom is 0.274 e. The first-order valence-electron chi connectivity index (χ1n) is 9.36. The molecule has 1 aromatic heterocycles. The Morgan fingerprint density at radius 2 is 1.92 bits per heavy atom. The normalized spacial score (nSPS) is 18.5. The minimum Gasteiger partial charge on any atom is -0.379 e. The summed E-state index contributed by atoms with van der Waals surface area (Å²) in [4.78, 5) is 27.6. The van der Waals surface area contributed by atoms with Crippen molar-refractivity contribution in [3.63, 3.8) is 0 Å². The molecule has 2 aliphatic rings. The van der Waals surface area contributed by atoms with Gasteiger partial charge >= 0.3 is 0 Å². The van der Waals surface area contributed by atoms with Crippen molar-refractivity contribution in [3.8, 4) is 0 Å². The number of unbranched alkanes of at least 4 members (excludes halogenated alkanes) is 1. The maximum atomic E-state index is 12.4. The second-order valence-electron chi connectivity index (χ2n) is 6.84. The maximum absolute atomic E-state index is 12.4. The Hall–Kier alpha value is -1.73. The second-order valence-corrected chi connectivity index (χ2v) is 6.84. The van der Waals surface area contributed by atoms with E-state index in [1.807, 2.05) is 11.9 Å². The Labute approximate surface area is 150 Å². The lowest BCUT2D eigenvalue weighted by molar-refractivity contribution is 0.0372. The molecule has 25 heavy (non-hydrogen) atoms. The predicted octanol–water partition coefficient (Wildman–Crippen LogP) is 1.26. The van der Waals surface area contributed by atoms with Gasteiger partial charge in [0, 0.05) is 39.8 Å². The summed E-state index contributed by atoms with van der Waals surface area (Å²) in [5.41, 5.74) is 0.458. The van der Waals surface area contributed by atoms with Gasteiger partial charge in [-0.1, -0.05) is 0 Å². The van der Waals surface area contributed by atoms with Crippen molar-refractivity contribution in [2.24, 2.45) is 0 Å². The fraction of sp³-hybridized carbons (Fsp3) is 0.722. The van der Waals surface area contributed by atoms with Gasteiger partial charge in [-0.25, -0.2) is 4.98 Å². The highest BCUT2D eigenvalue weighted by Gasteiger charge is 2.21. The molecule has 7 heteroatoms. The van der Waals surface area contributed by atoms with Gasteiger partial charge in [-0.05, 0) is 32.2 Å². The molecule has 0 saturated carbocycles. The van der Waals surface area contributed by atoms with E-state index in [-0.39, 0.29) is 5.91 Å². The number of morpholine rings is 1. The third-order valence-corrected chi connectivity index (χ3v) is 4.95. The average molecular weight is 347 g/mol. The standard InChI is InChI=1S/C18H29N5O2/c1-21(6-2-3-7-22-10-12-25-13-11-22)17-15-19-14-16(20-17)18(24)23-8-4-5-9-23/h14-15H,2-13H2,1H3. The minimum absolute atomic E-state index is 0.00701. The highest BCUT2D eigenvalue weighted by Crippen LogP contribution is 2.14. The van der Waals surface area contributed by atoms with Crippen LogP contribution in [0.15, 0.2) is 12.4 Å². The van der Waals surface area contributed by atoms with Gasteiger partial charge in [0.25, 0.3) is 5.91 Å². The Morgan fingerprint density at radius 1 is 1.16 bits per heavy atom. The average Bonchev–Trinajstić information content (AvgIpc) is 3.20. The molecule has 3 heterocycles. The lowest BCUT2D eigenvalue weighted by Crippen LogP contribution is -2.37. The summed E-state index contributed by atoms with van der Waals surface area (Å²) in [6.45, 7) is 7.51. The van der Waals surface area contributed by atoms with Crippen LogP contribution in [-0.4, -0.2) is 85.2 Å². The molecule has 0 aromatic carbocycles. The first-order valence-corrected chi connectivity index (χ1v) is 9.36. The predicted molar refractivity (Wildman–Crippen MR) is 96.9 cm³/mol. The van der Waals surface area contributed by atoms with Gasteiger partial charge in [0.2, 0.25) is 0 Å². The summed E-state index contributed by atoms with van der Waals surface area (Å²) in [6.07, 6.45) is 7.74. The van der Waals surface area contributed by atoms with E-state index in [9.17, 15) is 4.79 Å². The molecule has 7 nitrogen and oxygen atoms in total. The van der Waals surface area contributed by atoms with Gasteiger partial charge in [-0.15, -0.1) is 0 Å². The molecule has 138 valence electrons. The number of hydrogen-bond acceptors (Lipinski definition) is 6. The third kappa shape index (κ3) is 5.12. The molecule has 0 radical (unpaired) electrons. The van der Waals surface area contributed by atoms with Crippen LogP contribution in [0.1, 0.15) is 36.2 Å². The molecule has 3 rings (SSSR count). The van der Waals surface area contributed by atoms with Crippen LogP contribution in [0, 0.1) is 0 Å². The number of amides is 1. The second kappa shape index (κ2) is 9.10. The summed E-state index contributed by atoms with van der Waals surface area (Å²) < 4.78 is 5.37. The van der Waals surface area contributed by atoms with Gasteiger partial charge in [0.05, 0.1) is 25.6 Å². The summed E-state index contributed by atoms with van der Waals surface area (Å²) in [7, 11) is 2.02. The lowest BCUT2D eigenvalue weighted by atomic mass is 10.2. The number of nitrogens with zero attached hydrogens (tertiary/aromatic N) is 5. The van der Waals surface area contributed by atoms with Crippen molar-refractivity contribution in [1.29, 1.82) is 0 Å². The van der Waals surface area contributed by atoms with Gasteiger partial charge in [-0.3, -0.25) is 14.7 Å². The molecule has 0 unspecified atom stereocenters. The number of carbonyl (C=O) groups is 1. The Kier molecular flexibility index (Phi) is 6.58. The fourth-order valence-electron chi connectivity index (χ4n) is 3.35. The summed E-state index contributed by atoms with van der Waals surface area (Å²) in [5, 5.41) is 0. The van der Waals surface area contributed by atoms with Crippen LogP contribution in [0.25, 0.3) is 0 Å². The Morgan fingerprint density at radius 3 is 2.68 bits per heavy atom. The third-order valence-electron chi connectivity index (χ3n) is 4.95. The van der Waals surface area contributed by atoms with E-state index in [0.29, 0.717) is 5.69 Å². The minimum atomic E-state index is 0.00701. The zero-order chi connectivity index (χ0) is 17.5. The van der Waals surface area contributed by atoms with Crippen molar-refractivity contribution < 1.29 is 9.53 Å². The quantitative estimate of drug-likeness (QED) is 0.692. The molecule has 2 fully saturated rings. The smallest absolute Gasteiger partial charge is 0.274 e. The van der Waals surface area contributed by atoms with E-state index in [1.54, 1.807) is 12.4 Å². The van der Waals surface area contributed by atoms with Gasteiger partial charge < -0.3 is 14.5 Å². The van der Waals surface area contributed by atoms with Crippen LogP contribution < -0.4 is 4.90 Å². The molecule has 0 N–H and O–H groups in total. The number of anilines is 1. The summed E-state index contributed by atoms with van der Waals surface area (Å²) >= 11 is 0. The lowest BCUT2D eigenvalue weighted by Gasteiger charge is -2.26. The molecule has 1 amide bonds. The van der Waals surface area contributed by atoms with Crippen molar-refractivity contribution >= 4 is 11.7 Å². The number of rotatable bonds is 7. The first-order chi connectivity index (χ1) is 12.2. The van der Waals surface area contributed by atoms with Gasteiger partial charge in [0.15, 0.2) is 0 Å². The molecule has 0 spiro atoms. The van der Waals surface area contributed by atoms with Crippen LogP contribution in [-0.2, 0) is 4.74 Å². The van der Waals surface area contributed by atoms with Crippen molar-refractivity contribution in [1.82, 2.24) is 19.8 Å². The summed E-state index contributed by atoms with van der Waals surface area (Å²) in [6, 6.07) is 0. The van der Waals surface area contributed by atoms with Crippen molar-refractivity contribution in [2.45, 2.75) is 25.7 Å². The van der Waals surface area contributed by atoms with Gasteiger partial charge in [-0.2, -0.15) is 0 Å². The van der Waals surface area contributed by atoms with Crippen molar-refractivity contribution in [2.75, 3.05) is 64.4 Å². The largest absolute Gasteiger partial charge is 0.379 e. The van der Waals surface area contributed by atoms with Crippen LogP contribution in [0.2, 0.25) is 0 Å². The van der Waals surface area contributed by atoms with Crippen LogP contribution in [0.4, 0.5) is 5.82 Å². The van der Waals surface area contributed by atoms with E-state index in [2.05, 4.69) is 19.8 Å². The Bertz CT molecular complexity index is 556. The van der Waals surface area contributed by atoms with Crippen LogP contribution in [0.3, 0.4) is 0 Å². The molecule has 0 bridgehead atoms. The van der Waals surface area contributed by atoms with E-state index in [4.69, 9.17) is 4.74 Å². The highest BCUT2D eigenvalue weighted by atomic mass is 16.5. The van der Waals surface area contributed by atoms with Crippen LogP contribution in [0.5, 0.6) is 0 Å². The topological polar surface area (TPSA) is 61.8 Å².